The van der Waals surface area contributed by atoms with Gasteiger partial charge in [0.1, 0.15) is 5.75 Å². The number of ether oxygens (including phenoxy) is 1. The van der Waals surface area contributed by atoms with Gasteiger partial charge in [0, 0.05) is 12.1 Å². The highest BCUT2D eigenvalue weighted by Crippen LogP contribution is 2.18. The van der Waals surface area contributed by atoms with Crippen LogP contribution in [-0.4, -0.2) is 17.3 Å². The summed E-state index contributed by atoms with van der Waals surface area (Å²) in [6.45, 7) is 0.682. The fourth-order valence-corrected chi connectivity index (χ4v) is 2.71. The molecule has 0 radical (unpaired) electrons. The third-order valence-corrected chi connectivity index (χ3v) is 4.18. The zero-order chi connectivity index (χ0) is 16.8. The molecule has 0 saturated carbocycles. The normalized spacial score (nSPS) is 10.7. The Balaban J connectivity index is 1.90. The Morgan fingerprint density at radius 3 is 1.78 bits per heavy atom. The topological polar surface area (TPSA) is 52.4 Å². The van der Waals surface area contributed by atoms with Gasteiger partial charge >= 0.3 is 0 Å². The van der Waals surface area contributed by atoms with Crippen molar-refractivity contribution in [3.8, 4) is 5.75 Å². The lowest BCUT2D eigenvalue weighted by Crippen LogP contribution is -1.97. The summed E-state index contributed by atoms with van der Waals surface area (Å²) in [5.41, 5.74) is 0.1000. The van der Waals surface area contributed by atoms with Crippen LogP contribution < -0.4 is 4.74 Å². The van der Waals surface area contributed by atoms with Crippen LogP contribution in [0.25, 0.3) is 0 Å². The van der Waals surface area contributed by atoms with Gasteiger partial charge in [-0.05, 0) is 30.7 Å². The van der Waals surface area contributed by atoms with Gasteiger partial charge in [-0.2, -0.15) is 12.6 Å². The van der Waals surface area contributed by atoms with Crippen molar-refractivity contribution in [3.05, 3.63) is 34.4 Å². The number of hydrogen-bond donors (Lipinski definition) is 1. The molecule has 0 spiro atoms. The van der Waals surface area contributed by atoms with Gasteiger partial charge < -0.3 is 4.74 Å². The Bertz CT molecular complexity index is 423. The van der Waals surface area contributed by atoms with Crippen LogP contribution in [0.2, 0.25) is 0 Å². The molecular weight excluding hydrogens is 310 g/mol. The highest BCUT2D eigenvalue weighted by atomic mass is 32.1. The van der Waals surface area contributed by atoms with E-state index >= 15 is 0 Å². The number of benzene rings is 1. The van der Waals surface area contributed by atoms with E-state index in [-0.39, 0.29) is 5.69 Å². The lowest BCUT2D eigenvalue weighted by atomic mass is 10.1. The fourth-order valence-electron chi connectivity index (χ4n) is 2.48. The Morgan fingerprint density at radius 1 is 0.826 bits per heavy atom. The van der Waals surface area contributed by atoms with E-state index in [4.69, 9.17) is 4.74 Å². The van der Waals surface area contributed by atoms with Crippen LogP contribution in [0.15, 0.2) is 24.3 Å². The van der Waals surface area contributed by atoms with Crippen molar-refractivity contribution in [2.75, 3.05) is 12.4 Å². The lowest BCUT2D eigenvalue weighted by molar-refractivity contribution is -0.384. The second-order valence-corrected chi connectivity index (χ2v) is 6.31. The maximum atomic E-state index is 10.5. The van der Waals surface area contributed by atoms with E-state index in [2.05, 4.69) is 12.6 Å². The molecule has 1 rings (SSSR count). The molecule has 0 aliphatic rings. The van der Waals surface area contributed by atoms with E-state index in [0.29, 0.717) is 12.4 Å². The highest BCUT2D eigenvalue weighted by Gasteiger charge is 2.03. The maximum absolute atomic E-state index is 10.5. The average Bonchev–Trinajstić information content (AvgIpc) is 2.56. The van der Waals surface area contributed by atoms with Crippen molar-refractivity contribution in [2.24, 2.45) is 0 Å². The molecule has 5 heteroatoms. The molecule has 0 fully saturated rings. The van der Waals surface area contributed by atoms with E-state index < -0.39 is 4.92 Å². The van der Waals surface area contributed by atoms with Gasteiger partial charge in [0.05, 0.1) is 11.5 Å². The Morgan fingerprint density at radius 2 is 1.30 bits per heavy atom. The molecule has 0 atom stereocenters. The minimum Gasteiger partial charge on any atom is -0.494 e. The van der Waals surface area contributed by atoms with Crippen LogP contribution in [0.1, 0.15) is 64.2 Å². The molecular formula is C18H29NO3S. The van der Waals surface area contributed by atoms with Crippen molar-refractivity contribution in [2.45, 2.75) is 64.2 Å². The Kier molecular flexibility index (Phi) is 11.4. The summed E-state index contributed by atoms with van der Waals surface area (Å²) < 4.78 is 5.59. The first kappa shape index (κ1) is 19.8. The molecule has 0 aliphatic heterocycles. The SMILES string of the molecule is O=[N+]([O-])c1ccc(OCCCCCCCCCCCCS)cc1. The molecule has 0 aromatic heterocycles. The molecule has 0 unspecified atom stereocenters. The third-order valence-electron chi connectivity index (χ3n) is 3.87. The number of non-ortho nitro benzene ring substituents is 1. The van der Waals surface area contributed by atoms with Crippen LogP contribution in [0.5, 0.6) is 5.75 Å². The summed E-state index contributed by atoms with van der Waals surface area (Å²) in [4.78, 5) is 10.1. The maximum Gasteiger partial charge on any atom is 0.269 e. The van der Waals surface area contributed by atoms with Crippen LogP contribution in [0.3, 0.4) is 0 Å². The number of unbranched alkanes of at least 4 members (excludes halogenated alkanes) is 9. The second-order valence-electron chi connectivity index (χ2n) is 5.86. The zero-order valence-corrected chi connectivity index (χ0v) is 14.8. The molecule has 0 aliphatic carbocycles. The van der Waals surface area contributed by atoms with Gasteiger partial charge in [-0.1, -0.05) is 51.4 Å². The summed E-state index contributed by atoms with van der Waals surface area (Å²) >= 11 is 4.22. The van der Waals surface area contributed by atoms with Crippen LogP contribution >= 0.6 is 12.6 Å². The summed E-state index contributed by atoms with van der Waals surface area (Å²) in [5, 5.41) is 10.5. The second kappa shape index (κ2) is 13.2. The van der Waals surface area contributed by atoms with Gasteiger partial charge in [0.15, 0.2) is 0 Å². The molecule has 0 saturated heterocycles. The van der Waals surface area contributed by atoms with Crippen LogP contribution in [0.4, 0.5) is 5.69 Å². The zero-order valence-electron chi connectivity index (χ0n) is 13.9. The third kappa shape index (κ3) is 10.2. The molecule has 0 heterocycles. The van der Waals surface area contributed by atoms with Crippen molar-refractivity contribution in [1.82, 2.24) is 0 Å². The molecule has 0 amide bonds. The van der Waals surface area contributed by atoms with Crippen LogP contribution in [-0.2, 0) is 0 Å². The molecule has 0 N–H and O–H groups in total. The number of hydrogen-bond acceptors (Lipinski definition) is 4. The standard InChI is InChI=1S/C18H29NO3S/c20-19(21)17-11-13-18(14-12-17)22-15-9-7-5-3-1-2-4-6-8-10-16-23/h11-14,23H,1-10,15-16H2. The van der Waals surface area contributed by atoms with E-state index in [9.17, 15) is 10.1 Å². The summed E-state index contributed by atoms with van der Waals surface area (Å²) in [6.07, 6.45) is 12.8. The van der Waals surface area contributed by atoms with E-state index in [1.807, 2.05) is 0 Å². The number of nitrogens with zero attached hydrogens (tertiary/aromatic N) is 1. The number of nitro groups is 1. The van der Waals surface area contributed by atoms with E-state index in [1.54, 1.807) is 12.1 Å². The number of nitro benzene ring substituents is 1. The number of rotatable bonds is 14. The van der Waals surface area contributed by atoms with Gasteiger partial charge in [0.2, 0.25) is 0 Å². The Labute approximate surface area is 145 Å². The predicted octanol–water partition coefficient (Wildman–Crippen LogP) is 5.80. The predicted molar refractivity (Wildman–Crippen MR) is 98.6 cm³/mol. The highest BCUT2D eigenvalue weighted by molar-refractivity contribution is 7.80. The first-order chi connectivity index (χ1) is 11.2. The Hall–Kier alpha value is -1.23. The molecule has 23 heavy (non-hydrogen) atoms. The van der Waals surface area contributed by atoms with Gasteiger partial charge in [-0.3, -0.25) is 10.1 Å². The quantitative estimate of drug-likeness (QED) is 0.201. The summed E-state index contributed by atoms with van der Waals surface area (Å²) in [7, 11) is 0. The van der Waals surface area contributed by atoms with Crippen molar-refractivity contribution < 1.29 is 9.66 Å². The smallest absolute Gasteiger partial charge is 0.269 e. The fraction of sp³-hybridized carbons (Fsp3) is 0.667. The summed E-state index contributed by atoms with van der Waals surface area (Å²) in [6, 6.07) is 6.27. The first-order valence-corrected chi connectivity index (χ1v) is 9.35. The van der Waals surface area contributed by atoms with Gasteiger partial charge in [-0.15, -0.1) is 0 Å². The lowest BCUT2D eigenvalue weighted by Gasteiger charge is -2.06. The van der Waals surface area contributed by atoms with E-state index in [1.165, 1.54) is 69.9 Å². The minimum absolute atomic E-state index is 0.1000. The molecule has 130 valence electrons. The van der Waals surface area contributed by atoms with Crippen molar-refractivity contribution in [1.29, 1.82) is 0 Å². The van der Waals surface area contributed by atoms with E-state index in [0.717, 1.165) is 12.2 Å². The monoisotopic (exact) mass is 339 g/mol. The van der Waals surface area contributed by atoms with Crippen molar-refractivity contribution >= 4 is 18.3 Å². The largest absolute Gasteiger partial charge is 0.494 e. The average molecular weight is 340 g/mol. The molecule has 0 bridgehead atoms. The first-order valence-electron chi connectivity index (χ1n) is 8.72. The summed E-state index contributed by atoms with van der Waals surface area (Å²) in [5.74, 6) is 1.72. The molecule has 4 nitrogen and oxygen atoms in total. The van der Waals surface area contributed by atoms with Gasteiger partial charge in [-0.25, -0.2) is 0 Å². The molecule has 1 aromatic carbocycles. The molecule has 1 aromatic rings. The minimum atomic E-state index is -0.399. The van der Waals surface area contributed by atoms with Crippen molar-refractivity contribution in [3.63, 3.8) is 0 Å². The number of thiol groups is 1. The van der Waals surface area contributed by atoms with Crippen LogP contribution in [0, 0.1) is 10.1 Å². The van der Waals surface area contributed by atoms with Gasteiger partial charge in [0.25, 0.3) is 5.69 Å².